The molecule has 0 aliphatic carbocycles. The first kappa shape index (κ1) is 11.0. The molecule has 0 spiro atoms. The summed E-state index contributed by atoms with van der Waals surface area (Å²) in [6, 6.07) is 11.0. The molecule has 1 aromatic carbocycles. The monoisotopic (exact) mass is 188 g/mol. The third kappa shape index (κ3) is 2.46. The van der Waals surface area contributed by atoms with E-state index in [4.69, 9.17) is 5.73 Å². The van der Waals surface area contributed by atoms with Crippen LogP contribution in [0.5, 0.6) is 0 Å². The van der Waals surface area contributed by atoms with Crippen LogP contribution in [0.25, 0.3) is 0 Å². The lowest BCUT2D eigenvalue weighted by atomic mass is 9.83. The fraction of sp³-hybridized carbons (Fsp3) is 0.385. The van der Waals surface area contributed by atoms with Crippen LogP contribution in [0.4, 0.5) is 0 Å². The van der Waals surface area contributed by atoms with Gasteiger partial charge < -0.3 is 5.73 Å². The summed E-state index contributed by atoms with van der Waals surface area (Å²) in [5.41, 5.74) is 8.33. The van der Waals surface area contributed by atoms with Gasteiger partial charge in [-0.15, -0.1) is 6.58 Å². The average molecular weight is 188 g/mol. The molecule has 1 aromatic rings. The van der Waals surface area contributed by atoms with Crippen molar-refractivity contribution in [2.45, 2.75) is 32.2 Å². The number of hydrogen-bond acceptors (Lipinski definition) is 1. The highest BCUT2D eigenvalue weighted by molar-refractivity contribution is 5.25. The first-order chi connectivity index (χ1) is 6.58. The maximum atomic E-state index is 6.34. The second-order valence-corrected chi connectivity index (χ2v) is 3.94. The van der Waals surface area contributed by atoms with Gasteiger partial charge in [-0.05, 0) is 37.5 Å². The Kier molecular flexibility index (Phi) is 3.48. The van der Waals surface area contributed by atoms with Gasteiger partial charge in [-0.2, -0.15) is 0 Å². The molecule has 1 unspecified atom stereocenters. The van der Waals surface area contributed by atoms with Gasteiger partial charge in [-0.3, -0.25) is 0 Å². The van der Waals surface area contributed by atoms with E-state index in [2.05, 4.69) is 25.6 Å². The summed E-state index contributed by atoms with van der Waals surface area (Å²) < 4.78 is 0. The standard InChI is InChI=1S/C13H18N/c1-4-13(14,10-11(2)3)12-8-6-5-7-9-12/h5-6,8-9H,2,4,10,14H2,1,3H3. The van der Waals surface area contributed by atoms with E-state index < -0.39 is 0 Å². The molecule has 1 radical (unpaired) electrons. The summed E-state index contributed by atoms with van der Waals surface area (Å²) in [4.78, 5) is 0. The fourth-order valence-electron chi connectivity index (χ4n) is 1.67. The van der Waals surface area contributed by atoms with Gasteiger partial charge in [0.1, 0.15) is 0 Å². The lowest BCUT2D eigenvalue weighted by Gasteiger charge is -2.29. The Bertz CT molecular complexity index is 302. The largest absolute Gasteiger partial charge is 0.321 e. The highest BCUT2D eigenvalue weighted by Crippen LogP contribution is 2.28. The van der Waals surface area contributed by atoms with Crippen molar-refractivity contribution < 1.29 is 0 Å². The Balaban J connectivity index is 2.95. The second-order valence-electron chi connectivity index (χ2n) is 3.94. The van der Waals surface area contributed by atoms with Gasteiger partial charge in [0, 0.05) is 5.54 Å². The average Bonchev–Trinajstić information content (AvgIpc) is 2.18. The third-order valence-corrected chi connectivity index (χ3v) is 2.53. The van der Waals surface area contributed by atoms with Crippen molar-refractivity contribution in [3.8, 4) is 0 Å². The van der Waals surface area contributed by atoms with Gasteiger partial charge in [-0.1, -0.05) is 30.7 Å². The first-order valence-electron chi connectivity index (χ1n) is 4.98. The minimum atomic E-state index is -0.274. The molecule has 0 heterocycles. The molecule has 0 fully saturated rings. The minimum absolute atomic E-state index is 0.274. The molecular formula is C13H18N. The van der Waals surface area contributed by atoms with E-state index in [-0.39, 0.29) is 5.54 Å². The Morgan fingerprint density at radius 1 is 1.64 bits per heavy atom. The molecule has 75 valence electrons. The second kappa shape index (κ2) is 4.43. The maximum absolute atomic E-state index is 6.34. The first-order valence-corrected chi connectivity index (χ1v) is 4.98. The Labute approximate surface area is 86.6 Å². The molecule has 0 amide bonds. The summed E-state index contributed by atoms with van der Waals surface area (Å²) in [5.74, 6) is 0. The normalized spacial score (nSPS) is 14.8. The van der Waals surface area contributed by atoms with E-state index >= 15 is 0 Å². The Morgan fingerprint density at radius 2 is 2.36 bits per heavy atom. The maximum Gasteiger partial charge on any atom is 0.0444 e. The van der Waals surface area contributed by atoms with Crippen LogP contribution in [0.1, 0.15) is 32.3 Å². The zero-order chi connectivity index (χ0) is 10.6. The van der Waals surface area contributed by atoms with Crippen molar-refractivity contribution in [1.29, 1.82) is 0 Å². The van der Waals surface area contributed by atoms with E-state index in [9.17, 15) is 0 Å². The molecule has 14 heavy (non-hydrogen) atoms. The predicted molar refractivity (Wildman–Crippen MR) is 60.9 cm³/mol. The van der Waals surface area contributed by atoms with Crippen LogP contribution in [0.3, 0.4) is 0 Å². The van der Waals surface area contributed by atoms with Crippen LogP contribution in [-0.2, 0) is 5.54 Å². The van der Waals surface area contributed by atoms with Gasteiger partial charge in [0.25, 0.3) is 0 Å². The van der Waals surface area contributed by atoms with Crippen molar-refractivity contribution >= 4 is 0 Å². The quantitative estimate of drug-likeness (QED) is 0.722. The van der Waals surface area contributed by atoms with Crippen molar-refractivity contribution in [1.82, 2.24) is 0 Å². The molecule has 0 aromatic heterocycles. The number of nitrogens with two attached hydrogens (primary N) is 1. The lowest BCUT2D eigenvalue weighted by Crippen LogP contribution is -2.36. The van der Waals surface area contributed by atoms with E-state index in [1.54, 1.807) is 0 Å². The van der Waals surface area contributed by atoms with Gasteiger partial charge in [0.15, 0.2) is 0 Å². The van der Waals surface area contributed by atoms with Gasteiger partial charge in [0.2, 0.25) is 0 Å². The van der Waals surface area contributed by atoms with Crippen LogP contribution in [-0.4, -0.2) is 0 Å². The Hall–Kier alpha value is -1.08. The molecule has 1 atom stereocenters. The zero-order valence-corrected chi connectivity index (χ0v) is 9.01. The van der Waals surface area contributed by atoms with Crippen LogP contribution in [0.15, 0.2) is 36.4 Å². The molecule has 0 saturated heterocycles. The molecule has 0 saturated carbocycles. The van der Waals surface area contributed by atoms with Crippen LogP contribution in [0.2, 0.25) is 0 Å². The number of benzene rings is 1. The summed E-state index contributed by atoms with van der Waals surface area (Å²) in [7, 11) is 0. The summed E-state index contributed by atoms with van der Waals surface area (Å²) in [6.45, 7) is 8.05. The smallest absolute Gasteiger partial charge is 0.0444 e. The number of hydrogen-bond donors (Lipinski definition) is 1. The van der Waals surface area contributed by atoms with Gasteiger partial charge >= 0.3 is 0 Å². The molecular weight excluding hydrogens is 170 g/mol. The Morgan fingerprint density at radius 3 is 2.79 bits per heavy atom. The predicted octanol–water partition coefficient (Wildman–Crippen LogP) is 3.02. The summed E-state index contributed by atoms with van der Waals surface area (Å²) >= 11 is 0. The van der Waals surface area contributed by atoms with Crippen LogP contribution >= 0.6 is 0 Å². The molecule has 0 aliphatic heterocycles. The third-order valence-electron chi connectivity index (χ3n) is 2.53. The van der Waals surface area contributed by atoms with Crippen molar-refractivity contribution in [3.05, 3.63) is 48.0 Å². The van der Waals surface area contributed by atoms with E-state index in [0.29, 0.717) is 0 Å². The molecule has 1 nitrogen and oxygen atoms in total. The van der Waals surface area contributed by atoms with E-state index in [1.807, 2.05) is 25.1 Å². The van der Waals surface area contributed by atoms with Crippen molar-refractivity contribution in [3.63, 3.8) is 0 Å². The molecule has 1 heteroatoms. The minimum Gasteiger partial charge on any atom is -0.321 e. The lowest BCUT2D eigenvalue weighted by molar-refractivity contribution is 0.424. The van der Waals surface area contributed by atoms with E-state index in [0.717, 1.165) is 24.0 Å². The number of rotatable bonds is 4. The van der Waals surface area contributed by atoms with Crippen molar-refractivity contribution in [2.24, 2.45) is 5.73 Å². The molecule has 0 bridgehead atoms. The van der Waals surface area contributed by atoms with Gasteiger partial charge in [-0.25, -0.2) is 0 Å². The molecule has 0 aliphatic rings. The highest BCUT2D eigenvalue weighted by atomic mass is 14.7. The topological polar surface area (TPSA) is 26.0 Å². The van der Waals surface area contributed by atoms with Crippen LogP contribution in [0, 0.1) is 6.07 Å². The zero-order valence-electron chi connectivity index (χ0n) is 9.01. The molecule has 2 N–H and O–H groups in total. The van der Waals surface area contributed by atoms with Gasteiger partial charge in [0.05, 0.1) is 0 Å². The molecule has 1 rings (SSSR count). The fourth-order valence-corrected chi connectivity index (χ4v) is 1.67. The van der Waals surface area contributed by atoms with Crippen molar-refractivity contribution in [2.75, 3.05) is 0 Å². The van der Waals surface area contributed by atoms with E-state index in [1.165, 1.54) is 0 Å². The van der Waals surface area contributed by atoms with Crippen LogP contribution < -0.4 is 5.73 Å². The highest BCUT2D eigenvalue weighted by Gasteiger charge is 2.24. The SMILES string of the molecule is C=C(C)CC(N)(CC)c1c[c]ccc1. The summed E-state index contributed by atoms with van der Waals surface area (Å²) in [6.07, 6.45) is 1.75. The summed E-state index contributed by atoms with van der Waals surface area (Å²) in [5, 5.41) is 0.